The van der Waals surface area contributed by atoms with Crippen molar-refractivity contribution in [1.82, 2.24) is 0 Å². The van der Waals surface area contributed by atoms with Crippen molar-refractivity contribution in [2.75, 3.05) is 19.0 Å². The second kappa shape index (κ2) is 3.53. The van der Waals surface area contributed by atoms with E-state index in [0.29, 0.717) is 6.04 Å². The summed E-state index contributed by atoms with van der Waals surface area (Å²) >= 11 is 0. The largest absolute Gasteiger partial charge is 0.383 e. The van der Waals surface area contributed by atoms with Crippen LogP contribution in [0.15, 0.2) is 18.2 Å². The van der Waals surface area contributed by atoms with E-state index in [1.165, 1.54) is 18.5 Å². The van der Waals surface area contributed by atoms with Crippen molar-refractivity contribution >= 4 is 5.69 Å². The van der Waals surface area contributed by atoms with Gasteiger partial charge in [0, 0.05) is 12.8 Å². The molecule has 0 aromatic heterocycles. The average Bonchev–Trinajstić information content (AvgIpc) is 2.98. The Labute approximate surface area is 90.6 Å². The van der Waals surface area contributed by atoms with E-state index in [4.69, 9.17) is 4.74 Å². The van der Waals surface area contributed by atoms with Gasteiger partial charge in [-0.3, -0.25) is 0 Å². The molecule has 0 saturated heterocycles. The van der Waals surface area contributed by atoms with Gasteiger partial charge in [-0.25, -0.2) is 0 Å². The highest BCUT2D eigenvalue weighted by molar-refractivity contribution is 5.61. The standard InChI is InChI=1S/C13H17NO/c1-15-8-10-7-12-11(9-5-6-9)3-2-4-13(12)14-10/h2-4,9-10,14H,5-8H2,1H3/t10-/m1/s1. The molecule has 1 atom stereocenters. The normalized spacial score (nSPS) is 23.7. The van der Waals surface area contributed by atoms with Crippen LogP contribution in [-0.4, -0.2) is 19.8 Å². The van der Waals surface area contributed by atoms with Crippen LogP contribution in [0.3, 0.4) is 0 Å². The van der Waals surface area contributed by atoms with Gasteiger partial charge in [-0.05, 0) is 42.4 Å². The van der Waals surface area contributed by atoms with Crippen LogP contribution in [0.25, 0.3) is 0 Å². The quantitative estimate of drug-likeness (QED) is 0.815. The Balaban J connectivity index is 1.88. The molecule has 1 heterocycles. The molecule has 80 valence electrons. The van der Waals surface area contributed by atoms with E-state index in [1.54, 1.807) is 18.2 Å². The Morgan fingerprint density at radius 2 is 2.27 bits per heavy atom. The van der Waals surface area contributed by atoms with Crippen molar-refractivity contribution in [1.29, 1.82) is 0 Å². The number of rotatable bonds is 3. The smallest absolute Gasteiger partial charge is 0.0667 e. The van der Waals surface area contributed by atoms with E-state index >= 15 is 0 Å². The number of ether oxygens (including phenoxy) is 1. The first kappa shape index (κ1) is 9.22. The molecule has 2 nitrogen and oxygen atoms in total. The molecule has 0 radical (unpaired) electrons. The highest BCUT2D eigenvalue weighted by atomic mass is 16.5. The molecule has 1 aliphatic heterocycles. The van der Waals surface area contributed by atoms with E-state index in [0.717, 1.165) is 18.9 Å². The highest BCUT2D eigenvalue weighted by Crippen LogP contribution is 2.44. The van der Waals surface area contributed by atoms with Crippen LogP contribution in [0, 0.1) is 0 Å². The van der Waals surface area contributed by atoms with Crippen LogP contribution < -0.4 is 5.32 Å². The Bertz CT molecular complexity index is 371. The first-order valence-corrected chi connectivity index (χ1v) is 5.75. The molecule has 1 fully saturated rings. The van der Waals surface area contributed by atoms with Crippen LogP contribution in [-0.2, 0) is 11.2 Å². The van der Waals surface area contributed by atoms with Crippen molar-refractivity contribution in [3.63, 3.8) is 0 Å². The number of anilines is 1. The summed E-state index contributed by atoms with van der Waals surface area (Å²) in [5, 5.41) is 3.53. The summed E-state index contributed by atoms with van der Waals surface area (Å²) in [6.07, 6.45) is 3.90. The van der Waals surface area contributed by atoms with Crippen molar-refractivity contribution in [3.8, 4) is 0 Å². The van der Waals surface area contributed by atoms with Gasteiger partial charge in [-0.2, -0.15) is 0 Å². The molecule has 1 aromatic carbocycles. The summed E-state index contributed by atoms with van der Waals surface area (Å²) in [6, 6.07) is 7.14. The molecule has 0 spiro atoms. The minimum atomic E-state index is 0.477. The SMILES string of the molecule is COC[C@H]1Cc2c(cccc2C2CC2)N1. The fourth-order valence-electron chi connectivity index (χ4n) is 2.56. The molecular weight excluding hydrogens is 186 g/mol. The number of fused-ring (bicyclic) bond motifs is 1. The third-order valence-corrected chi connectivity index (χ3v) is 3.41. The lowest BCUT2D eigenvalue weighted by molar-refractivity contribution is 0.187. The zero-order valence-corrected chi connectivity index (χ0v) is 9.12. The molecule has 1 saturated carbocycles. The summed E-state index contributed by atoms with van der Waals surface area (Å²) in [4.78, 5) is 0. The van der Waals surface area contributed by atoms with E-state index in [-0.39, 0.29) is 0 Å². The maximum atomic E-state index is 5.21. The monoisotopic (exact) mass is 203 g/mol. The Morgan fingerprint density at radius 1 is 1.40 bits per heavy atom. The molecule has 0 unspecified atom stereocenters. The molecule has 1 aliphatic carbocycles. The number of benzene rings is 1. The van der Waals surface area contributed by atoms with Gasteiger partial charge in [0.1, 0.15) is 0 Å². The summed E-state index contributed by atoms with van der Waals surface area (Å²) in [6.45, 7) is 0.804. The minimum Gasteiger partial charge on any atom is -0.383 e. The predicted molar refractivity (Wildman–Crippen MR) is 61.4 cm³/mol. The number of hydrogen-bond acceptors (Lipinski definition) is 2. The summed E-state index contributed by atoms with van der Waals surface area (Å²) in [5.74, 6) is 0.850. The zero-order valence-electron chi connectivity index (χ0n) is 9.12. The topological polar surface area (TPSA) is 21.3 Å². The van der Waals surface area contributed by atoms with Gasteiger partial charge in [-0.1, -0.05) is 12.1 Å². The van der Waals surface area contributed by atoms with Gasteiger partial charge in [0.05, 0.1) is 12.6 Å². The molecule has 0 amide bonds. The Morgan fingerprint density at radius 3 is 3.00 bits per heavy atom. The third kappa shape index (κ3) is 1.63. The predicted octanol–water partition coefficient (Wildman–Crippen LogP) is 2.55. The van der Waals surface area contributed by atoms with Crippen molar-refractivity contribution in [2.24, 2.45) is 0 Å². The molecule has 1 N–H and O–H groups in total. The molecular formula is C13H17NO. The van der Waals surface area contributed by atoms with Crippen molar-refractivity contribution in [3.05, 3.63) is 29.3 Å². The summed E-state index contributed by atoms with van der Waals surface area (Å²) in [7, 11) is 1.77. The first-order chi connectivity index (χ1) is 7.38. The lowest BCUT2D eigenvalue weighted by Gasteiger charge is -2.08. The molecule has 2 aliphatic rings. The Kier molecular flexibility index (Phi) is 2.17. The van der Waals surface area contributed by atoms with E-state index in [9.17, 15) is 0 Å². The lowest BCUT2D eigenvalue weighted by Crippen LogP contribution is -2.21. The van der Waals surface area contributed by atoms with Gasteiger partial charge < -0.3 is 10.1 Å². The Hall–Kier alpha value is -1.02. The van der Waals surface area contributed by atoms with Gasteiger partial charge >= 0.3 is 0 Å². The highest BCUT2D eigenvalue weighted by Gasteiger charge is 2.30. The second-order valence-electron chi connectivity index (χ2n) is 4.65. The van der Waals surface area contributed by atoms with E-state index in [2.05, 4.69) is 23.5 Å². The van der Waals surface area contributed by atoms with Gasteiger partial charge in [0.25, 0.3) is 0 Å². The van der Waals surface area contributed by atoms with Crippen LogP contribution in [0.1, 0.15) is 29.9 Å². The van der Waals surface area contributed by atoms with Gasteiger partial charge in [-0.15, -0.1) is 0 Å². The van der Waals surface area contributed by atoms with Crippen LogP contribution in [0.4, 0.5) is 5.69 Å². The summed E-state index contributed by atoms with van der Waals surface area (Å²) in [5.41, 5.74) is 4.46. The van der Waals surface area contributed by atoms with E-state index in [1.807, 2.05) is 0 Å². The maximum absolute atomic E-state index is 5.21. The second-order valence-corrected chi connectivity index (χ2v) is 4.65. The molecule has 0 bridgehead atoms. The van der Waals surface area contributed by atoms with Gasteiger partial charge in [0.2, 0.25) is 0 Å². The first-order valence-electron chi connectivity index (χ1n) is 5.75. The lowest BCUT2D eigenvalue weighted by atomic mass is 10.00. The molecule has 15 heavy (non-hydrogen) atoms. The van der Waals surface area contributed by atoms with Crippen LogP contribution in [0.2, 0.25) is 0 Å². The average molecular weight is 203 g/mol. The minimum absolute atomic E-state index is 0.477. The zero-order chi connectivity index (χ0) is 10.3. The molecule has 3 rings (SSSR count). The number of methoxy groups -OCH3 is 1. The van der Waals surface area contributed by atoms with E-state index < -0.39 is 0 Å². The fourth-order valence-corrected chi connectivity index (χ4v) is 2.56. The van der Waals surface area contributed by atoms with Crippen molar-refractivity contribution < 1.29 is 4.74 Å². The molecule has 1 aromatic rings. The van der Waals surface area contributed by atoms with Crippen molar-refractivity contribution in [2.45, 2.75) is 31.2 Å². The summed E-state index contributed by atoms with van der Waals surface area (Å²) < 4.78 is 5.21. The number of nitrogens with one attached hydrogen (secondary N) is 1. The fraction of sp³-hybridized carbons (Fsp3) is 0.538. The van der Waals surface area contributed by atoms with Crippen LogP contribution >= 0.6 is 0 Å². The van der Waals surface area contributed by atoms with Gasteiger partial charge in [0.15, 0.2) is 0 Å². The third-order valence-electron chi connectivity index (χ3n) is 3.41. The van der Waals surface area contributed by atoms with Crippen LogP contribution in [0.5, 0.6) is 0 Å². The maximum Gasteiger partial charge on any atom is 0.0667 e. The number of hydrogen-bond donors (Lipinski definition) is 1. The molecule has 2 heteroatoms.